The number of aliphatic hydroxyl groups excluding tert-OH is 1. The minimum Gasteiger partial charge on any atom is -0.397 e. The van der Waals surface area contributed by atoms with E-state index in [2.05, 4.69) is 0 Å². The lowest BCUT2D eigenvalue weighted by atomic mass is 10.1. The van der Waals surface area contributed by atoms with E-state index >= 15 is 0 Å². The topological polar surface area (TPSA) is 58.7 Å². The van der Waals surface area contributed by atoms with Gasteiger partial charge in [-0.2, -0.15) is 0 Å². The van der Waals surface area contributed by atoms with Gasteiger partial charge >= 0.3 is 0 Å². The number of benzene rings is 1. The van der Waals surface area contributed by atoms with Crippen molar-refractivity contribution in [2.24, 2.45) is 0 Å². The highest BCUT2D eigenvalue weighted by Crippen LogP contribution is 2.31. The summed E-state index contributed by atoms with van der Waals surface area (Å²) in [6, 6.07) is 2.21. The van der Waals surface area contributed by atoms with Gasteiger partial charge in [-0.25, -0.2) is 8.78 Å². The predicted molar refractivity (Wildman–Crippen MR) is 64.4 cm³/mol. The second-order valence-corrected chi connectivity index (χ2v) is 4.44. The molecule has 1 aromatic carbocycles. The van der Waals surface area contributed by atoms with Crippen molar-refractivity contribution >= 4 is 11.4 Å². The molecule has 1 saturated heterocycles. The van der Waals surface area contributed by atoms with Gasteiger partial charge < -0.3 is 20.5 Å². The lowest BCUT2D eigenvalue weighted by Gasteiger charge is -2.39. The molecule has 2 rings (SSSR count). The minimum absolute atomic E-state index is 0.0456. The Morgan fingerprint density at radius 3 is 2.89 bits per heavy atom. The van der Waals surface area contributed by atoms with Gasteiger partial charge in [-0.15, -0.1) is 0 Å². The summed E-state index contributed by atoms with van der Waals surface area (Å²) in [4.78, 5) is 1.64. The minimum atomic E-state index is -0.958. The molecule has 1 heterocycles. The molecule has 0 radical (unpaired) electrons. The van der Waals surface area contributed by atoms with Crippen molar-refractivity contribution in [1.29, 1.82) is 0 Å². The van der Waals surface area contributed by atoms with Crippen molar-refractivity contribution in [3.8, 4) is 0 Å². The maximum atomic E-state index is 13.9. The van der Waals surface area contributed by atoms with Crippen LogP contribution in [0.5, 0.6) is 0 Å². The Bertz CT molecular complexity index is 442. The van der Waals surface area contributed by atoms with E-state index in [1.165, 1.54) is 6.07 Å². The average Bonchev–Trinajstić information content (AvgIpc) is 2.36. The van der Waals surface area contributed by atoms with Crippen LogP contribution in [-0.2, 0) is 4.74 Å². The summed E-state index contributed by atoms with van der Waals surface area (Å²) in [5.74, 6) is -1.89. The normalized spacial score (nSPS) is 24.3. The number of nitrogens with zero attached hydrogens (tertiary/aromatic N) is 1. The van der Waals surface area contributed by atoms with Crippen molar-refractivity contribution in [3.63, 3.8) is 0 Å². The van der Waals surface area contributed by atoms with Gasteiger partial charge in [0.1, 0.15) is 0 Å². The van der Waals surface area contributed by atoms with Crippen molar-refractivity contribution < 1.29 is 18.6 Å². The van der Waals surface area contributed by atoms with Crippen LogP contribution in [-0.4, -0.2) is 37.0 Å². The second-order valence-electron chi connectivity index (χ2n) is 4.44. The Morgan fingerprint density at radius 2 is 2.22 bits per heavy atom. The molecule has 6 heteroatoms. The second kappa shape index (κ2) is 5.07. The van der Waals surface area contributed by atoms with E-state index in [1.54, 1.807) is 4.90 Å². The zero-order valence-electron chi connectivity index (χ0n) is 10.1. The van der Waals surface area contributed by atoms with Crippen LogP contribution in [0, 0.1) is 11.6 Å². The highest BCUT2D eigenvalue weighted by atomic mass is 19.2. The summed E-state index contributed by atoms with van der Waals surface area (Å²) >= 11 is 0. The van der Waals surface area contributed by atoms with E-state index in [4.69, 9.17) is 15.6 Å². The van der Waals surface area contributed by atoms with Crippen molar-refractivity contribution in [2.75, 3.05) is 30.4 Å². The predicted octanol–water partition coefficient (Wildman–Crippen LogP) is 1.13. The van der Waals surface area contributed by atoms with Gasteiger partial charge in [-0.1, -0.05) is 0 Å². The number of hydrogen-bond donors (Lipinski definition) is 2. The van der Waals surface area contributed by atoms with E-state index < -0.39 is 17.7 Å². The molecular weight excluding hydrogens is 242 g/mol. The molecule has 2 unspecified atom stereocenters. The highest BCUT2D eigenvalue weighted by Gasteiger charge is 2.29. The summed E-state index contributed by atoms with van der Waals surface area (Å²) in [6.07, 6.45) is -0.414. The zero-order chi connectivity index (χ0) is 13.3. The maximum Gasteiger partial charge on any atom is 0.184 e. The third kappa shape index (κ3) is 2.26. The SMILES string of the molecule is CC1COC(CO)CN1c1c(N)ccc(F)c1F. The molecule has 0 spiro atoms. The molecule has 2 atom stereocenters. The van der Waals surface area contributed by atoms with Gasteiger partial charge in [0.2, 0.25) is 0 Å². The fourth-order valence-electron chi connectivity index (χ4n) is 2.09. The lowest BCUT2D eigenvalue weighted by Crippen LogP contribution is -2.50. The number of anilines is 2. The summed E-state index contributed by atoms with van der Waals surface area (Å²) in [5.41, 5.74) is 5.94. The smallest absolute Gasteiger partial charge is 0.184 e. The van der Waals surface area contributed by atoms with Gasteiger partial charge in [0.25, 0.3) is 0 Å². The first-order chi connectivity index (χ1) is 8.54. The quantitative estimate of drug-likeness (QED) is 0.781. The molecule has 0 amide bonds. The Balaban J connectivity index is 2.37. The maximum absolute atomic E-state index is 13.9. The van der Waals surface area contributed by atoms with Gasteiger partial charge in [-0.3, -0.25) is 0 Å². The summed E-state index contributed by atoms with van der Waals surface area (Å²) in [5, 5.41) is 9.08. The van der Waals surface area contributed by atoms with Crippen molar-refractivity contribution in [2.45, 2.75) is 19.1 Å². The van der Waals surface area contributed by atoms with Crippen LogP contribution in [0.25, 0.3) is 0 Å². The standard InChI is InChI=1S/C12H16F2N2O2/c1-7-6-18-8(5-17)4-16(7)12-10(15)3-2-9(13)11(12)14/h2-3,7-8,17H,4-6,15H2,1H3. The van der Waals surface area contributed by atoms with E-state index in [-0.39, 0.29) is 30.6 Å². The van der Waals surface area contributed by atoms with E-state index in [0.717, 1.165) is 6.07 Å². The lowest BCUT2D eigenvalue weighted by molar-refractivity contribution is -0.0105. The van der Waals surface area contributed by atoms with Gasteiger partial charge in [-0.05, 0) is 19.1 Å². The van der Waals surface area contributed by atoms with Gasteiger partial charge in [0, 0.05) is 12.6 Å². The molecule has 1 fully saturated rings. The van der Waals surface area contributed by atoms with Crippen molar-refractivity contribution in [1.82, 2.24) is 0 Å². The number of aliphatic hydroxyl groups is 1. The molecule has 1 aliphatic rings. The molecule has 0 aliphatic carbocycles. The summed E-state index contributed by atoms with van der Waals surface area (Å²) < 4.78 is 32.5. The first-order valence-electron chi connectivity index (χ1n) is 5.77. The molecule has 1 aliphatic heterocycles. The zero-order valence-corrected chi connectivity index (χ0v) is 10.1. The number of halogens is 2. The Hall–Kier alpha value is -1.40. The Morgan fingerprint density at radius 1 is 1.50 bits per heavy atom. The van der Waals surface area contributed by atoms with Crippen LogP contribution < -0.4 is 10.6 Å². The highest BCUT2D eigenvalue weighted by molar-refractivity contribution is 5.69. The fraction of sp³-hybridized carbons (Fsp3) is 0.500. The number of nitrogen functional groups attached to an aromatic ring is 1. The number of hydrogen-bond acceptors (Lipinski definition) is 4. The van der Waals surface area contributed by atoms with Crippen molar-refractivity contribution in [3.05, 3.63) is 23.8 Å². The average molecular weight is 258 g/mol. The monoisotopic (exact) mass is 258 g/mol. The number of ether oxygens (including phenoxy) is 1. The van der Waals surface area contributed by atoms with Crippen LogP contribution in [0.15, 0.2) is 12.1 Å². The van der Waals surface area contributed by atoms with Crippen LogP contribution in [0.4, 0.5) is 20.2 Å². The van der Waals surface area contributed by atoms with Gasteiger partial charge in [0.15, 0.2) is 11.6 Å². The molecule has 3 N–H and O–H groups in total. The first-order valence-corrected chi connectivity index (χ1v) is 5.77. The Labute approximate surface area is 104 Å². The summed E-state index contributed by atoms with van der Waals surface area (Å²) in [6.45, 7) is 2.28. The molecule has 1 aromatic rings. The molecule has 4 nitrogen and oxygen atoms in total. The van der Waals surface area contributed by atoms with Crippen LogP contribution >= 0.6 is 0 Å². The number of nitrogens with two attached hydrogens (primary N) is 1. The molecular formula is C12H16F2N2O2. The largest absolute Gasteiger partial charge is 0.397 e. The first kappa shape index (κ1) is 13.0. The van der Waals surface area contributed by atoms with E-state index in [1.807, 2.05) is 6.92 Å². The molecule has 18 heavy (non-hydrogen) atoms. The fourth-order valence-corrected chi connectivity index (χ4v) is 2.09. The Kier molecular flexibility index (Phi) is 3.68. The molecule has 100 valence electrons. The molecule has 0 bridgehead atoms. The third-order valence-electron chi connectivity index (χ3n) is 3.10. The van der Waals surface area contributed by atoms with Crippen LogP contribution in [0.2, 0.25) is 0 Å². The van der Waals surface area contributed by atoms with Crippen LogP contribution in [0.3, 0.4) is 0 Å². The van der Waals surface area contributed by atoms with E-state index in [0.29, 0.717) is 6.61 Å². The van der Waals surface area contributed by atoms with Gasteiger partial charge in [0.05, 0.1) is 30.7 Å². The number of morpholine rings is 1. The molecule has 0 aromatic heterocycles. The van der Waals surface area contributed by atoms with Crippen LogP contribution in [0.1, 0.15) is 6.92 Å². The number of rotatable bonds is 2. The third-order valence-corrected chi connectivity index (χ3v) is 3.10. The van der Waals surface area contributed by atoms with E-state index in [9.17, 15) is 8.78 Å². The summed E-state index contributed by atoms with van der Waals surface area (Å²) in [7, 11) is 0. The molecule has 0 saturated carbocycles.